The standard InChI is InChI=1S/C18H30N4O4/c1-5-21(6-2)13-25-17(23)19-15-10-9-11-16(12-15)20-18(24)26-14-22(7-3)8-4/h9-12H,5-8,13-14H2,1-4H3,(H,19,23)(H,20,24). The predicted octanol–water partition coefficient (Wildman–Crippen LogP) is 3.38. The zero-order valence-corrected chi connectivity index (χ0v) is 16.1. The Bertz CT molecular complexity index is 515. The fraction of sp³-hybridized carbons (Fsp3) is 0.556. The normalized spacial score (nSPS) is 10.7. The van der Waals surface area contributed by atoms with Crippen molar-refractivity contribution in [2.75, 3.05) is 50.3 Å². The van der Waals surface area contributed by atoms with Crippen LogP contribution < -0.4 is 10.6 Å². The van der Waals surface area contributed by atoms with Gasteiger partial charge in [-0.25, -0.2) is 9.59 Å². The van der Waals surface area contributed by atoms with E-state index in [4.69, 9.17) is 9.47 Å². The average Bonchev–Trinajstić information content (AvgIpc) is 2.63. The van der Waals surface area contributed by atoms with Gasteiger partial charge < -0.3 is 9.47 Å². The third-order valence-electron chi connectivity index (χ3n) is 3.90. The molecule has 0 aliphatic heterocycles. The Morgan fingerprint density at radius 3 is 1.54 bits per heavy atom. The van der Waals surface area contributed by atoms with Crippen molar-refractivity contribution in [3.63, 3.8) is 0 Å². The molecule has 1 aromatic carbocycles. The molecule has 0 heterocycles. The van der Waals surface area contributed by atoms with Gasteiger partial charge in [-0.15, -0.1) is 0 Å². The lowest BCUT2D eigenvalue weighted by molar-refractivity contribution is 0.0839. The molecule has 0 bridgehead atoms. The zero-order chi connectivity index (χ0) is 19.4. The fourth-order valence-corrected chi connectivity index (χ4v) is 2.09. The van der Waals surface area contributed by atoms with E-state index in [0.717, 1.165) is 26.2 Å². The Balaban J connectivity index is 2.49. The van der Waals surface area contributed by atoms with Gasteiger partial charge >= 0.3 is 12.2 Å². The zero-order valence-electron chi connectivity index (χ0n) is 16.1. The Labute approximate surface area is 155 Å². The second-order valence-electron chi connectivity index (χ2n) is 5.56. The van der Waals surface area contributed by atoms with Gasteiger partial charge in [0.2, 0.25) is 0 Å². The van der Waals surface area contributed by atoms with Crippen LogP contribution in [0, 0.1) is 0 Å². The molecule has 26 heavy (non-hydrogen) atoms. The molecule has 8 heteroatoms. The topological polar surface area (TPSA) is 83.1 Å². The van der Waals surface area contributed by atoms with Crippen molar-refractivity contribution < 1.29 is 19.1 Å². The first-order chi connectivity index (χ1) is 12.5. The first kappa shape index (κ1) is 21.7. The number of benzene rings is 1. The molecule has 0 saturated heterocycles. The van der Waals surface area contributed by atoms with Gasteiger partial charge in [-0.2, -0.15) is 0 Å². The minimum atomic E-state index is -0.543. The summed E-state index contributed by atoms with van der Waals surface area (Å²) in [6.45, 7) is 11.7. The molecule has 0 aliphatic rings. The highest BCUT2D eigenvalue weighted by Crippen LogP contribution is 2.15. The molecule has 2 N–H and O–H groups in total. The van der Waals surface area contributed by atoms with Gasteiger partial charge in [0.25, 0.3) is 0 Å². The maximum atomic E-state index is 11.8. The number of nitrogens with zero attached hydrogens (tertiary/aromatic N) is 2. The van der Waals surface area contributed by atoms with Gasteiger partial charge in [0.15, 0.2) is 0 Å². The van der Waals surface area contributed by atoms with Gasteiger partial charge in [-0.1, -0.05) is 33.8 Å². The van der Waals surface area contributed by atoms with Crippen LogP contribution in [0.4, 0.5) is 21.0 Å². The highest BCUT2D eigenvalue weighted by Gasteiger charge is 2.09. The predicted molar refractivity (Wildman–Crippen MR) is 102 cm³/mol. The summed E-state index contributed by atoms with van der Waals surface area (Å²) in [7, 11) is 0. The number of nitrogens with one attached hydrogen (secondary N) is 2. The Hall–Kier alpha value is -2.32. The van der Waals surface area contributed by atoms with Gasteiger partial charge in [0.1, 0.15) is 13.5 Å². The van der Waals surface area contributed by atoms with Crippen LogP contribution in [0.3, 0.4) is 0 Å². The molecule has 0 aliphatic carbocycles. The lowest BCUT2D eigenvalue weighted by Gasteiger charge is -2.18. The number of amides is 2. The summed E-state index contributed by atoms with van der Waals surface area (Å²) in [6, 6.07) is 6.79. The quantitative estimate of drug-likeness (QED) is 0.618. The Morgan fingerprint density at radius 2 is 1.19 bits per heavy atom. The monoisotopic (exact) mass is 366 g/mol. The van der Waals surface area contributed by atoms with E-state index < -0.39 is 12.2 Å². The van der Waals surface area contributed by atoms with E-state index in [1.807, 2.05) is 37.5 Å². The molecule has 2 amide bonds. The third-order valence-corrected chi connectivity index (χ3v) is 3.90. The molecule has 146 valence electrons. The van der Waals surface area contributed by atoms with Crippen molar-refractivity contribution in [2.24, 2.45) is 0 Å². The van der Waals surface area contributed by atoms with Crippen LogP contribution in [0.25, 0.3) is 0 Å². The largest absolute Gasteiger partial charge is 0.433 e. The number of carbonyl (C=O) groups excluding carboxylic acids is 2. The molecule has 0 spiro atoms. The van der Waals surface area contributed by atoms with Crippen molar-refractivity contribution in [3.05, 3.63) is 24.3 Å². The van der Waals surface area contributed by atoms with Crippen molar-refractivity contribution >= 4 is 23.6 Å². The number of ether oxygens (including phenoxy) is 2. The maximum Gasteiger partial charge on any atom is 0.412 e. The number of carbonyl (C=O) groups is 2. The number of rotatable bonds is 10. The molecular formula is C18H30N4O4. The minimum absolute atomic E-state index is 0.231. The minimum Gasteiger partial charge on any atom is -0.433 e. The number of hydrogen-bond acceptors (Lipinski definition) is 6. The lowest BCUT2D eigenvalue weighted by Crippen LogP contribution is -2.29. The Morgan fingerprint density at radius 1 is 0.808 bits per heavy atom. The summed E-state index contributed by atoms with van der Waals surface area (Å²) < 4.78 is 10.3. The molecule has 0 atom stereocenters. The van der Waals surface area contributed by atoms with E-state index in [0.29, 0.717) is 11.4 Å². The average molecular weight is 366 g/mol. The molecule has 1 aromatic rings. The van der Waals surface area contributed by atoms with E-state index in [9.17, 15) is 9.59 Å². The molecule has 0 fully saturated rings. The van der Waals surface area contributed by atoms with Crippen LogP contribution in [0.15, 0.2) is 24.3 Å². The van der Waals surface area contributed by atoms with Crippen LogP contribution in [-0.2, 0) is 9.47 Å². The summed E-state index contributed by atoms with van der Waals surface area (Å²) in [4.78, 5) is 27.6. The highest BCUT2D eigenvalue weighted by atomic mass is 16.6. The van der Waals surface area contributed by atoms with Gasteiger partial charge in [-0.3, -0.25) is 20.4 Å². The van der Waals surface area contributed by atoms with Crippen LogP contribution in [0.2, 0.25) is 0 Å². The van der Waals surface area contributed by atoms with Crippen LogP contribution in [0.5, 0.6) is 0 Å². The fourth-order valence-electron chi connectivity index (χ4n) is 2.09. The van der Waals surface area contributed by atoms with E-state index in [2.05, 4.69) is 10.6 Å². The van der Waals surface area contributed by atoms with E-state index in [1.165, 1.54) is 0 Å². The molecule has 0 saturated carbocycles. The van der Waals surface area contributed by atoms with Crippen LogP contribution in [0.1, 0.15) is 27.7 Å². The van der Waals surface area contributed by atoms with Crippen LogP contribution in [-0.4, -0.2) is 61.6 Å². The van der Waals surface area contributed by atoms with Crippen molar-refractivity contribution in [1.82, 2.24) is 9.80 Å². The van der Waals surface area contributed by atoms with Gasteiger partial charge in [0.05, 0.1) is 0 Å². The summed E-state index contributed by atoms with van der Waals surface area (Å²) in [6.07, 6.45) is -1.09. The molecular weight excluding hydrogens is 336 g/mol. The summed E-state index contributed by atoms with van der Waals surface area (Å²) in [5, 5.41) is 5.28. The summed E-state index contributed by atoms with van der Waals surface area (Å²) >= 11 is 0. The summed E-state index contributed by atoms with van der Waals surface area (Å²) in [5.41, 5.74) is 1.05. The van der Waals surface area contributed by atoms with Crippen LogP contribution >= 0.6 is 0 Å². The van der Waals surface area contributed by atoms with E-state index in [-0.39, 0.29) is 13.5 Å². The van der Waals surface area contributed by atoms with Gasteiger partial charge in [-0.05, 0) is 44.4 Å². The second-order valence-corrected chi connectivity index (χ2v) is 5.56. The molecule has 0 radical (unpaired) electrons. The van der Waals surface area contributed by atoms with E-state index >= 15 is 0 Å². The lowest BCUT2D eigenvalue weighted by atomic mass is 10.3. The molecule has 0 unspecified atom stereocenters. The maximum absolute atomic E-state index is 11.8. The molecule has 1 rings (SSSR count). The number of anilines is 2. The van der Waals surface area contributed by atoms with Crippen molar-refractivity contribution in [2.45, 2.75) is 27.7 Å². The van der Waals surface area contributed by atoms with Crippen molar-refractivity contribution in [3.8, 4) is 0 Å². The van der Waals surface area contributed by atoms with Crippen molar-refractivity contribution in [1.29, 1.82) is 0 Å². The third kappa shape index (κ3) is 8.17. The van der Waals surface area contributed by atoms with E-state index in [1.54, 1.807) is 24.3 Å². The first-order valence-corrected chi connectivity index (χ1v) is 8.94. The second kappa shape index (κ2) is 12.1. The SMILES string of the molecule is CCN(CC)COC(=O)Nc1cccc(NC(=O)OCN(CC)CC)c1. The molecule has 8 nitrogen and oxygen atoms in total. The highest BCUT2D eigenvalue weighted by molar-refractivity contribution is 5.88. The Kier molecular flexibility index (Phi) is 10.1. The summed E-state index contributed by atoms with van der Waals surface area (Å²) in [5.74, 6) is 0. The first-order valence-electron chi connectivity index (χ1n) is 8.94. The smallest absolute Gasteiger partial charge is 0.412 e. The van der Waals surface area contributed by atoms with Gasteiger partial charge in [0, 0.05) is 11.4 Å². The number of hydrogen-bond donors (Lipinski definition) is 2. The molecule has 0 aromatic heterocycles.